The maximum Gasteiger partial charge on any atom is 0.0575 e. The van der Waals surface area contributed by atoms with Gasteiger partial charge in [-0.3, -0.25) is 0 Å². The quantitative estimate of drug-likeness (QED) is 0.434. The Labute approximate surface area is 163 Å². The van der Waals surface area contributed by atoms with Crippen LogP contribution >= 0.6 is 11.6 Å². The lowest BCUT2D eigenvalue weighted by Crippen LogP contribution is -2.24. The van der Waals surface area contributed by atoms with Crippen molar-refractivity contribution in [3.8, 4) is 11.1 Å². The summed E-state index contributed by atoms with van der Waals surface area (Å²) in [4.78, 5) is 0. The van der Waals surface area contributed by atoms with Gasteiger partial charge in [-0.05, 0) is 48.1 Å². The van der Waals surface area contributed by atoms with Crippen LogP contribution in [0.3, 0.4) is 0 Å². The van der Waals surface area contributed by atoms with Crippen LogP contribution < -0.4 is 0 Å². The van der Waals surface area contributed by atoms with Crippen LogP contribution in [0.15, 0.2) is 48.5 Å². The van der Waals surface area contributed by atoms with Gasteiger partial charge in [-0.15, -0.1) is 0 Å². The number of rotatable bonds is 8. The molecule has 3 rings (SSSR count). The summed E-state index contributed by atoms with van der Waals surface area (Å²) in [7, 11) is 0. The molecule has 0 radical (unpaired) electrons. The molecule has 1 aliphatic heterocycles. The lowest BCUT2D eigenvalue weighted by molar-refractivity contribution is -0.00213. The number of halogens is 1. The Kier molecular flexibility index (Phi) is 7.58. The van der Waals surface area contributed by atoms with E-state index in [1.54, 1.807) is 0 Å². The molecule has 0 N–H and O–H groups in total. The topological polar surface area (TPSA) is 9.23 Å². The fourth-order valence-electron chi connectivity index (χ4n) is 3.86. The van der Waals surface area contributed by atoms with Gasteiger partial charge < -0.3 is 4.74 Å². The summed E-state index contributed by atoms with van der Waals surface area (Å²) in [6.07, 6.45) is 10.9. The van der Waals surface area contributed by atoms with Gasteiger partial charge in [-0.1, -0.05) is 87.0 Å². The minimum Gasteiger partial charge on any atom is -0.378 e. The Balaban J connectivity index is 1.46. The molecule has 0 aromatic heterocycles. The molecule has 2 unspecified atom stereocenters. The van der Waals surface area contributed by atoms with Crippen LogP contribution in [0.25, 0.3) is 11.1 Å². The minimum absolute atomic E-state index is 0.487. The van der Waals surface area contributed by atoms with Crippen LogP contribution in [0.2, 0.25) is 5.02 Å². The lowest BCUT2D eigenvalue weighted by atomic mass is 9.89. The Morgan fingerprint density at radius 1 is 0.846 bits per heavy atom. The normalized spacial score (nSPS) is 20.2. The number of hydrogen-bond acceptors (Lipinski definition) is 1. The molecule has 140 valence electrons. The summed E-state index contributed by atoms with van der Waals surface area (Å²) in [6, 6.07) is 17.0. The van der Waals surface area contributed by atoms with Gasteiger partial charge in [0, 0.05) is 10.9 Å². The van der Waals surface area contributed by atoms with Gasteiger partial charge in [0.2, 0.25) is 0 Å². The highest BCUT2D eigenvalue weighted by Gasteiger charge is 2.22. The molecule has 0 aliphatic carbocycles. The molecule has 0 saturated carbocycles. The molecule has 1 saturated heterocycles. The van der Waals surface area contributed by atoms with E-state index in [4.69, 9.17) is 16.3 Å². The van der Waals surface area contributed by atoms with E-state index in [0.29, 0.717) is 12.0 Å². The molecule has 2 aromatic rings. The highest BCUT2D eigenvalue weighted by Crippen LogP contribution is 2.31. The molecule has 1 nitrogen and oxygen atoms in total. The SMILES string of the molecule is CCCCCCCC1CCC(c2ccc(-c3ccc(Cl)cc3)cc2)CO1. The van der Waals surface area contributed by atoms with Crippen LogP contribution in [0.5, 0.6) is 0 Å². The predicted octanol–water partition coefficient (Wildman–Crippen LogP) is 7.63. The molecule has 0 amide bonds. The van der Waals surface area contributed by atoms with Gasteiger partial charge in [-0.2, -0.15) is 0 Å². The van der Waals surface area contributed by atoms with Crippen LogP contribution in [-0.4, -0.2) is 12.7 Å². The fourth-order valence-corrected chi connectivity index (χ4v) is 3.99. The largest absolute Gasteiger partial charge is 0.378 e. The van der Waals surface area contributed by atoms with Crippen molar-refractivity contribution in [2.75, 3.05) is 6.61 Å². The van der Waals surface area contributed by atoms with Gasteiger partial charge in [0.05, 0.1) is 12.7 Å². The maximum atomic E-state index is 6.16. The van der Waals surface area contributed by atoms with Crippen LogP contribution in [0.4, 0.5) is 0 Å². The Hall–Kier alpha value is -1.31. The summed E-state index contributed by atoms with van der Waals surface area (Å²) in [5.74, 6) is 0.547. The van der Waals surface area contributed by atoms with Gasteiger partial charge in [0.15, 0.2) is 0 Å². The molecule has 1 heterocycles. The number of benzene rings is 2. The van der Waals surface area contributed by atoms with Crippen molar-refractivity contribution in [3.63, 3.8) is 0 Å². The maximum absolute atomic E-state index is 6.16. The van der Waals surface area contributed by atoms with Crippen molar-refractivity contribution in [1.29, 1.82) is 0 Å². The monoisotopic (exact) mass is 370 g/mol. The molecule has 26 heavy (non-hydrogen) atoms. The van der Waals surface area contributed by atoms with Crippen molar-refractivity contribution in [3.05, 3.63) is 59.1 Å². The first-order chi connectivity index (χ1) is 12.8. The zero-order chi connectivity index (χ0) is 18.2. The highest BCUT2D eigenvalue weighted by atomic mass is 35.5. The van der Waals surface area contributed by atoms with Gasteiger partial charge in [0.25, 0.3) is 0 Å². The summed E-state index contributed by atoms with van der Waals surface area (Å²) >= 11 is 5.98. The standard InChI is InChI=1S/C24H31ClO/c1-2-3-4-5-6-7-24-17-14-22(18-26-24)21-10-8-19(9-11-21)20-12-15-23(25)16-13-20/h8-13,15-16,22,24H,2-7,14,17-18H2,1H3. The van der Waals surface area contributed by atoms with Crippen molar-refractivity contribution in [2.24, 2.45) is 0 Å². The molecule has 0 spiro atoms. The second-order valence-corrected chi connectivity index (χ2v) is 8.00. The average molecular weight is 371 g/mol. The van der Waals surface area contributed by atoms with E-state index < -0.39 is 0 Å². The summed E-state index contributed by atoms with van der Waals surface area (Å²) in [5.41, 5.74) is 3.86. The first-order valence-electron chi connectivity index (χ1n) is 10.2. The second kappa shape index (κ2) is 10.1. The lowest BCUT2D eigenvalue weighted by Gasteiger charge is -2.29. The number of unbranched alkanes of at least 4 members (excludes halogenated alkanes) is 4. The molecular weight excluding hydrogens is 340 g/mol. The van der Waals surface area contributed by atoms with Crippen molar-refractivity contribution in [2.45, 2.75) is 70.3 Å². The predicted molar refractivity (Wildman–Crippen MR) is 112 cm³/mol. The third kappa shape index (κ3) is 5.59. The first-order valence-corrected chi connectivity index (χ1v) is 10.6. The van der Waals surface area contributed by atoms with E-state index in [1.165, 1.54) is 68.1 Å². The van der Waals surface area contributed by atoms with Gasteiger partial charge in [0.1, 0.15) is 0 Å². The molecule has 2 atom stereocenters. The van der Waals surface area contributed by atoms with Crippen molar-refractivity contribution >= 4 is 11.6 Å². The molecule has 1 aliphatic rings. The summed E-state index contributed by atoms with van der Waals surface area (Å²) in [5, 5.41) is 0.782. The van der Waals surface area contributed by atoms with Gasteiger partial charge in [-0.25, -0.2) is 0 Å². The molecule has 0 bridgehead atoms. The van der Waals surface area contributed by atoms with Gasteiger partial charge >= 0.3 is 0 Å². The molecular formula is C24H31ClO. The minimum atomic E-state index is 0.487. The smallest absolute Gasteiger partial charge is 0.0575 e. The Bertz CT molecular complexity index is 639. The van der Waals surface area contributed by atoms with E-state index in [-0.39, 0.29) is 0 Å². The highest BCUT2D eigenvalue weighted by molar-refractivity contribution is 6.30. The second-order valence-electron chi connectivity index (χ2n) is 7.56. The first kappa shape index (κ1) is 19.5. The van der Waals surface area contributed by atoms with E-state index >= 15 is 0 Å². The average Bonchev–Trinajstić information content (AvgIpc) is 2.69. The van der Waals surface area contributed by atoms with Crippen LogP contribution in [0, 0.1) is 0 Å². The summed E-state index contributed by atoms with van der Waals surface area (Å²) in [6.45, 7) is 3.15. The van der Waals surface area contributed by atoms with Crippen LogP contribution in [0.1, 0.15) is 69.8 Å². The zero-order valence-electron chi connectivity index (χ0n) is 15.9. The van der Waals surface area contributed by atoms with Crippen LogP contribution in [-0.2, 0) is 4.74 Å². The van der Waals surface area contributed by atoms with Crippen molar-refractivity contribution < 1.29 is 4.74 Å². The Morgan fingerprint density at radius 3 is 2.12 bits per heavy atom. The third-order valence-electron chi connectivity index (χ3n) is 5.56. The molecule has 2 heteroatoms. The fraction of sp³-hybridized carbons (Fsp3) is 0.500. The molecule has 1 fully saturated rings. The van der Waals surface area contributed by atoms with E-state index in [1.807, 2.05) is 12.1 Å². The summed E-state index contributed by atoms with van der Waals surface area (Å²) < 4.78 is 6.16. The molecule has 2 aromatic carbocycles. The van der Waals surface area contributed by atoms with E-state index in [2.05, 4.69) is 43.3 Å². The zero-order valence-corrected chi connectivity index (χ0v) is 16.7. The van der Waals surface area contributed by atoms with E-state index in [0.717, 1.165) is 11.6 Å². The Morgan fingerprint density at radius 2 is 1.50 bits per heavy atom. The number of hydrogen-bond donors (Lipinski definition) is 0. The van der Waals surface area contributed by atoms with E-state index in [9.17, 15) is 0 Å². The third-order valence-corrected chi connectivity index (χ3v) is 5.81. The van der Waals surface area contributed by atoms with Crippen molar-refractivity contribution in [1.82, 2.24) is 0 Å². The number of ether oxygens (including phenoxy) is 1.